The Morgan fingerprint density at radius 2 is 2.15 bits per heavy atom. The van der Waals surface area contributed by atoms with E-state index < -0.39 is 5.97 Å². The molecule has 100 valence electrons. The number of nitrogens with zero attached hydrogens (tertiary/aromatic N) is 2. The maximum atomic E-state index is 10.7. The Balaban J connectivity index is 1.89. The third-order valence-corrected chi connectivity index (χ3v) is 4.69. The fraction of sp³-hybridized carbons (Fsp3) is 0.0714. The van der Waals surface area contributed by atoms with Gasteiger partial charge in [0.15, 0.2) is 4.34 Å². The van der Waals surface area contributed by atoms with Crippen LogP contribution in [-0.4, -0.2) is 21.0 Å². The molecule has 0 aliphatic rings. The van der Waals surface area contributed by atoms with Crippen molar-refractivity contribution in [2.45, 2.75) is 15.8 Å². The molecule has 0 atom stereocenters. The predicted molar refractivity (Wildman–Crippen MR) is 79.3 cm³/mol. The number of hydrogen-bond donors (Lipinski definition) is 1. The minimum absolute atomic E-state index is 0.0416. The summed E-state index contributed by atoms with van der Waals surface area (Å²) in [6.07, 6.45) is 1.73. The number of rotatable bonds is 4. The van der Waals surface area contributed by atoms with Gasteiger partial charge >= 0.3 is 5.97 Å². The van der Waals surface area contributed by atoms with Crippen molar-refractivity contribution in [2.24, 2.45) is 0 Å². The van der Waals surface area contributed by atoms with E-state index in [2.05, 4.69) is 9.97 Å². The van der Waals surface area contributed by atoms with Gasteiger partial charge in [-0.1, -0.05) is 24.3 Å². The summed E-state index contributed by atoms with van der Waals surface area (Å²) in [4.78, 5) is 19.4. The second-order valence-corrected chi connectivity index (χ2v) is 6.21. The Hall–Kier alpha value is -1.92. The molecule has 0 unspecified atom stereocenters. The zero-order valence-corrected chi connectivity index (χ0v) is 11.9. The van der Waals surface area contributed by atoms with Gasteiger partial charge in [0.05, 0.1) is 12.1 Å². The molecule has 2 aromatic heterocycles. The third-order valence-electron chi connectivity index (χ3n) is 2.68. The molecule has 0 fully saturated rings. The fourth-order valence-corrected chi connectivity index (χ4v) is 3.68. The van der Waals surface area contributed by atoms with Gasteiger partial charge in [0, 0.05) is 17.0 Å². The van der Waals surface area contributed by atoms with Crippen LogP contribution in [0.3, 0.4) is 0 Å². The van der Waals surface area contributed by atoms with Crippen LogP contribution < -0.4 is 0 Å². The Bertz CT molecular complexity index is 765. The van der Waals surface area contributed by atoms with Gasteiger partial charge in [0.1, 0.15) is 5.03 Å². The van der Waals surface area contributed by atoms with E-state index in [0.717, 1.165) is 20.1 Å². The zero-order chi connectivity index (χ0) is 13.9. The summed E-state index contributed by atoms with van der Waals surface area (Å²) < 4.78 is 0.810. The summed E-state index contributed by atoms with van der Waals surface area (Å²) in [5.41, 5.74) is 0.588. The van der Waals surface area contributed by atoms with E-state index in [4.69, 9.17) is 5.11 Å². The summed E-state index contributed by atoms with van der Waals surface area (Å²) in [6, 6.07) is 10.0. The lowest BCUT2D eigenvalue weighted by atomic mass is 10.2. The Labute approximate surface area is 123 Å². The molecule has 0 aliphatic carbocycles. The van der Waals surface area contributed by atoms with E-state index in [1.165, 1.54) is 23.1 Å². The van der Waals surface area contributed by atoms with Crippen molar-refractivity contribution >= 4 is 39.8 Å². The van der Waals surface area contributed by atoms with Gasteiger partial charge in [0.25, 0.3) is 0 Å². The van der Waals surface area contributed by atoms with Crippen molar-refractivity contribution in [3.8, 4) is 0 Å². The van der Waals surface area contributed by atoms with Gasteiger partial charge in [-0.05, 0) is 23.2 Å². The molecule has 0 bridgehead atoms. The smallest absolute Gasteiger partial charge is 0.309 e. The summed E-state index contributed by atoms with van der Waals surface area (Å²) >= 11 is 2.91. The molecule has 0 amide bonds. The first-order valence-corrected chi connectivity index (χ1v) is 7.60. The van der Waals surface area contributed by atoms with Crippen LogP contribution in [0.4, 0.5) is 0 Å². The lowest BCUT2D eigenvalue weighted by molar-refractivity contribution is -0.136. The Morgan fingerprint density at radius 3 is 3.00 bits per heavy atom. The van der Waals surface area contributed by atoms with E-state index in [1.54, 1.807) is 11.6 Å². The number of benzene rings is 1. The Morgan fingerprint density at radius 1 is 1.30 bits per heavy atom. The summed E-state index contributed by atoms with van der Waals surface area (Å²) in [7, 11) is 0. The van der Waals surface area contributed by atoms with Crippen molar-refractivity contribution in [1.29, 1.82) is 0 Å². The van der Waals surface area contributed by atoms with E-state index in [-0.39, 0.29) is 6.42 Å². The monoisotopic (exact) mass is 302 g/mol. The second-order valence-electron chi connectivity index (χ2n) is 4.11. The number of hydrogen-bond acceptors (Lipinski definition) is 5. The van der Waals surface area contributed by atoms with Crippen LogP contribution in [0.25, 0.3) is 10.8 Å². The largest absolute Gasteiger partial charge is 0.481 e. The average Bonchev–Trinajstić information content (AvgIpc) is 2.86. The molecule has 1 aromatic carbocycles. The molecular formula is C14H10N2O2S2. The normalized spacial score (nSPS) is 10.8. The van der Waals surface area contributed by atoms with Crippen molar-refractivity contribution in [2.75, 3.05) is 0 Å². The maximum absolute atomic E-state index is 10.7. The SMILES string of the molecule is O=C(O)Cc1csc(Sc2nccc3ccccc23)n1. The molecule has 6 heteroatoms. The van der Waals surface area contributed by atoms with Crippen LogP contribution in [0.2, 0.25) is 0 Å². The summed E-state index contributed by atoms with van der Waals surface area (Å²) in [5.74, 6) is -0.866. The van der Waals surface area contributed by atoms with Gasteiger partial charge in [-0.3, -0.25) is 4.79 Å². The molecule has 3 rings (SSSR count). The first kappa shape index (κ1) is 13.1. The highest BCUT2D eigenvalue weighted by Gasteiger charge is 2.10. The van der Waals surface area contributed by atoms with Crippen LogP contribution in [0.1, 0.15) is 5.69 Å². The third kappa shape index (κ3) is 2.81. The van der Waals surface area contributed by atoms with Crippen molar-refractivity contribution in [3.05, 3.63) is 47.6 Å². The van der Waals surface area contributed by atoms with Gasteiger partial charge < -0.3 is 5.11 Å². The highest BCUT2D eigenvalue weighted by atomic mass is 32.2. The molecule has 4 nitrogen and oxygen atoms in total. The van der Waals surface area contributed by atoms with E-state index >= 15 is 0 Å². The lowest BCUT2D eigenvalue weighted by Gasteiger charge is -2.02. The standard InChI is InChI=1S/C14H10N2O2S2/c17-12(18)7-10-8-19-14(16-10)20-13-11-4-2-1-3-9(11)5-6-15-13/h1-6,8H,7H2,(H,17,18). The second kappa shape index (κ2) is 5.60. The minimum atomic E-state index is -0.866. The number of fused-ring (bicyclic) bond motifs is 1. The molecule has 2 heterocycles. The number of pyridine rings is 1. The van der Waals surface area contributed by atoms with Crippen LogP contribution in [0.15, 0.2) is 51.3 Å². The highest BCUT2D eigenvalue weighted by Crippen LogP contribution is 2.33. The van der Waals surface area contributed by atoms with E-state index in [0.29, 0.717) is 5.69 Å². The topological polar surface area (TPSA) is 63.1 Å². The van der Waals surface area contributed by atoms with Crippen molar-refractivity contribution in [3.63, 3.8) is 0 Å². The van der Waals surface area contributed by atoms with Crippen molar-refractivity contribution in [1.82, 2.24) is 9.97 Å². The predicted octanol–water partition coefficient (Wildman–Crippen LogP) is 3.47. The zero-order valence-electron chi connectivity index (χ0n) is 10.3. The molecule has 0 saturated heterocycles. The number of carboxylic acids is 1. The molecule has 0 radical (unpaired) electrons. The average molecular weight is 302 g/mol. The molecule has 20 heavy (non-hydrogen) atoms. The quantitative estimate of drug-likeness (QED) is 0.799. The minimum Gasteiger partial charge on any atom is -0.481 e. The number of aromatic nitrogens is 2. The molecule has 0 spiro atoms. The van der Waals surface area contributed by atoms with Crippen molar-refractivity contribution < 1.29 is 9.90 Å². The van der Waals surface area contributed by atoms with Gasteiger partial charge in [0.2, 0.25) is 0 Å². The number of carbonyl (C=O) groups is 1. The van der Waals surface area contributed by atoms with Crippen LogP contribution in [-0.2, 0) is 11.2 Å². The molecule has 0 saturated carbocycles. The fourth-order valence-electron chi connectivity index (χ4n) is 1.83. The van der Waals surface area contributed by atoms with E-state index in [9.17, 15) is 4.79 Å². The van der Waals surface area contributed by atoms with Gasteiger partial charge in [-0.2, -0.15) is 0 Å². The molecular weight excluding hydrogens is 292 g/mol. The van der Waals surface area contributed by atoms with E-state index in [1.807, 2.05) is 30.3 Å². The number of aliphatic carboxylic acids is 1. The summed E-state index contributed by atoms with van der Waals surface area (Å²) in [5, 5.41) is 13.6. The van der Waals surface area contributed by atoms with Crippen LogP contribution in [0, 0.1) is 0 Å². The van der Waals surface area contributed by atoms with Gasteiger partial charge in [-0.15, -0.1) is 11.3 Å². The molecule has 3 aromatic rings. The lowest BCUT2D eigenvalue weighted by Crippen LogP contribution is -1.99. The first-order valence-electron chi connectivity index (χ1n) is 5.90. The first-order chi connectivity index (χ1) is 9.72. The maximum Gasteiger partial charge on any atom is 0.309 e. The van der Waals surface area contributed by atoms with Gasteiger partial charge in [-0.25, -0.2) is 9.97 Å². The molecule has 1 N–H and O–H groups in total. The summed E-state index contributed by atoms with van der Waals surface area (Å²) in [6.45, 7) is 0. The number of thiazole rings is 1. The Kier molecular flexibility index (Phi) is 3.66. The van der Waals surface area contributed by atoms with Crippen LogP contribution in [0.5, 0.6) is 0 Å². The highest BCUT2D eigenvalue weighted by molar-refractivity contribution is 8.01. The van der Waals surface area contributed by atoms with Crippen LogP contribution >= 0.6 is 23.1 Å². The molecule has 0 aliphatic heterocycles. The number of carboxylic acid groups (broad SMARTS) is 1.